The second-order valence-corrected chi connectivity index (χ2v) is 5.84. The van der Waals surface area contributed by atoms with E-state index in [1.54, 1.807) is 11.8 Å². The zero-order chi connectivity index (χ0) is 13.4. The van der Waals surface area contributed by atoms with Gasteiger partial charge in [-0.25, -0.2) is 9.97 Å². The Hall–Kier alpha value is -0.610. The highest BCUT2D eigenvalue weighted by Gasteiger charge is 2.03. The average molecular weight is 267 g/mol. The fraction of sp³-hybridized carbons (Fsp3) is 0.714. The van der Waals surface area contributed by atoms with Crippen molar-refractivity contribution in [1.82, 2.24) is 15.3 Å². The van der Waals surface area contributed by atoms with Crippen LogP contribution in [0.4, 0.5) is 0 Å². The van der Waals surface area contributed by atoms with Crippen molar-refractivity contribution in [2.24, 2.45) is 0 Å². The highest BCUT2D eigenvalue weighted by atomic mass is 32.2. The first-order valence-electron chi connectivity index (χ1n) is 6.80. The number of aryl methyl sites for hydroxylation is 2. The van der Waals surface area contributed by atoms with Gasteiger partial charge in [0.2, 0.25) is 0 Å². The molecule has 0 saturated carbocycles. The monoisotopic (exact) mass is 267 g/mol. The van der Waals surface area contributed by atoms with Crippen LogP contribution < -0.4 is 5.32 Å². The summed E-state index contributed by atoms with van der Waals surface area (Å²) in [6.07, 6.45) is 3.63. The maximum Gasteiger partial charge on any atom is 0.187 e. The third-order valence-corrected chi connectivity index (χ3v) is 3.65. The molecule has 1 heterocycles. The van der Waals surface area contributed by atoms with E-state index < -0.39 is 0 Å². The molecule has 0 spiro atoms. The molecule has 1 unspecified atom stereocenters. The molecular formula is C14H25N3S. The minimum Gasteiger partial charge on any atom is -0.314 e. The van der Waals surface area contributed by atoms with Gasteiger partial charge in [0.25, 0.3) is 0 Å². The van der Waals surface area contributed by atoms with Crippen molar-refractivity contribution in [3.05, 3.63) is 17.5 Å². The van der Waals surface area contributed by atoms with Crippen molar-refractivity contribution in [1.29, 1.82) is 0 Å². The van der Waals surface area contributed by atoms with E-state index in [-0.39, 0.29) is 0 Å². The van der Waals surface area contributed by atoms with Crippen molar-refractivity contribution < 1.29 is 0 Å². The molecule has 0 aliphatic rings. The van der Waals surface area contributed by atoms with Crippen molar-refractivity contribution >= 4 is 11.8 Å². The van der Waals surface area contributed by atoms with Crippen molar-refractivity contribution in [2.45, 2.75) is 58.2 Å². The van der Waals surface area contributed by atoms with Gasteiger partial charge in [-0.15, -0.1) is 0 Å². The molecule has 1 aromatic rings. The lowest BCUT2D eigenvalue weighted by atomic mass is 10.2. The van der Waals surface area contributed by atoms with E-state index >= 15 is 0 Å². The van der Waals surface area contributed by atoms with Gasteiger partial charge in [0, 0.05) is 23.2 Å². The van der Waals surface area contributed by atoms with E-state index in [1.165, 1.54) is 19.3 Å². The van der Waals surface area contributed by atoms with Gasteiger partial charge in [-0.1, -0.05) is 18.7 Å². The van der Waals surface area contributed by atoms with E-state index in [0.717, 1.165) is 28.8 Å². The third-order valence-electron chi connectivity index (χ3n) is 2.72. The zero-order valence-corrected chi connectivity index (χ0v) is 12.8. The Bertz CT molecular complexity index is 335. The summed E-state index contributed by atoms with van der Waals surface area (Å²) in [7, 11) is 0. The molecule has 0 aliphatic carbocycles. The summed E-state index contributed by atoms with van der Waals surface area (Å²) >= 11 is 1.76. The Morgan fingerprint density at radius 2 is 1.94 bits per heavy atom. The standard InChI is InChI=1S/C14H25N3S/c1-5-8-15-11(2)7-6-9-18-14-16-12(3)10-13(4)17-14/h10-11,15H,5-9H2,1-4H3. The summed E-state index contributed by atoms with van der Waals surface area (Å²) in [4.78, 5) is 8.87. The van der Waals surface area contributed by atoms with E-state index in [4.69, 9.17) is 0 Å². The molecule has 0 radical (unpaired) electrons. The predicted octanol–water partition coefficient (Wildman–Crippen LogP) is 3.35. The first-order chi connectivity index (χ1) is 8.61. The quantitative estimate of drug-likeness (QED) is 0.445. The summed E-state index contributed by atoms with van der Waals surface area (Å²) in [5.41, 5.74) is 2.12. The number of nitrogens with zero attached hydrogens (tertiary/aromatic N) is 2. The van der Waals surface area contributed by atoms with Crippen LogP contribution in [0.1, 0.15) is 44.5 Å². The third kappa shape index (κ3) is 6.36. The smallest absolute Gasteiger partial charge is 0.187 e. The molecule has 102 valence electrons. The lowest BCUT2D eigenvalue weighted by Crippen LogP contribution is -2.26. The van der Waals surface area contributed by atoms with E-state index in [1.807, 2.05) is 19.9 Å². The van der Waals surface area contributed by atoms with Gasteiger partial charge >= 0.3 is 0 Å². The van der Waals surface area contributed by atoms with Gasteiger partial charge in [-0.2, -0.15) is 0 Å². The molecular weight excluding hydrogens is 242 g/mol. The van der Waals surface area contributed by atoms with Crippen LogP contribution in [0.15, 0.2) is 11.2 Å². The van der Waals surface area contributed by atoms with Crippen LogP contribution in [0.5, 0.6) is 0 Å². The lowest BCUT2D eigenvalue weighted by molar-refractivity contribution is 0.510. The molecule has 0 aromatic carbocycles. The summed E-state index contributed by atoms with van der Waals surface area (Å²) < 4.78 is 0. The summed E-state index contributed by atoms with van der Waals surface area (Å²) in [5, 5.41) is 4.43. The topological polar surface area (TPSA) is 37.8 Å². The Labute approximate surface area is 115 Å². The van der Waals surface area contributed by atoms with Crippen LogP contribution in [0.3, 0.4) is 0 Å². The normalized spacial score (nSPS) is 12.7. The van der Waals surface area contributed by atoms with Gasteiger partial charge in [0.1, 0.15) is 0 Å². The number of nitrogens with one attached hydrogen (secondary N) is 1. The summed E-state index contributed by atoms with van der Waals surface area (Å²) in [6, 6.07) is 2.63. The molecule has 0 saturated heterocycles. The van der Waals surface area contributed by atoms with Crippen LogP contribution in [-0.2, 0) is 0 Å². The first kappa shape index (κ1) is 15.4. The molecule has 0 aliphatic heterocycles. The largest absolute Gasteiger partial charge is 0.314 e. The SMILES string of the molecule is CCCNC(C)CCCSc1nc(C)cc(C)n1. The maximum absolute atomic E-state index is 4.44. The molecule has 1 aromatic heterocycles. The Morgan fingerprint density at radius 1 is 1.28 bits per heavy atom. The fourth-order valence-electron chi connectivity index (χ4n) is 1.80. The van der Waals surface area contributed by atoms with Crippen molar-refractivity contribution in [2.75, 3.05) is 12.3 Å². The molecule has 18 heavy (non-hydrogen) atoms. The first-order valence-corrected chi connectivity index (χ1v) is 7.79. The molecule has 1 rings (SSSR count). The zero-order valence-electron chi connectivity index (χ0n) is 12.0. The number of hydrogen-bond acceptors (Lipinski definition) is 4. The Balaban J connectivity index is 2.21. The summed E-state index contributed by atoms with van der Waals surface area (Å²) in [5.74, 6) is 1.10. The number of rotatable bonds is 8. The van der Waals surface area contributed by atoms with Crippen LogP contribution in [0.2, 0.25) is 0 Å². The minimum atomic E-state index is 0.616. The predicted molar refractivity (Wildman–Crippen MR) is 79.2 cm³/mol. The van der Waals surface area contributed by atoms with E-state index in [2.05, 4.69) is 29.1 Å². The van der Waals surface area contributed by atoms with Crippen LogP contribution >= 0.6 is 11.8 Å². The van der Waals surface area contributed by atoms with Gasteiger partial charge in [0.15, 0.2) is 5.16 Å². The highest BCUT2D eigenvalue weighted by molar-refractivity contribution is 7.99. The van der Waals surface area contributed by atoms with Gasteiger partial charge < -0.3 is 5.32 Å². The molecule has 0 bridgehead atoms. The molecule has 4 heteroatoms. The number of hydrogen-bond donors (Lipinski definition) is 1. The van der Waals surface area contributed by atoms with E-state index in [0.29, 0.717) is 6.04 Å². The second kappa shape index (κ2) is 8.48. The fourth-order valence-corrected chi connectivity index (χ4v) is 2.71. The van der Waals surface area contributed by atoms with Crippen LogP contribution in [0.25, 0.3) is 0 Å². The lowest BCUT2D eigenvalue weighted by Gasteiger charge is -2.12. The van der Waals surface area contributed by atoms with Gasteiger partial charge in [0.05, 0.1) is 0 Å². The number of thioether (sulfide) groups is 1. The van der Waals surface area contributed by atoms with Gasteiger partial charge in [-0.3, -0.25) is 0 Å². The number of aromatic nitrogens is 2. The van der Waals surface area contributed by atoms with Crippen molar-refractivity contribution in [3.8, 4) is 0 Å². The molecule has 3 nitrogen and oxygen atoms in total. The Morgan fingerprint density at radius 3 is 2.56 bits per heavy atom. The highest BCUT2D eigenvalue weighted by Crippen LogP contribution is 2.16. The maximum atomic E-state index is 4.44. The average Bonchev–Trinajstić information content (AvgIpc) is 2.31. The Kier molecular flexibility index (Phi) is 7.28. The molecule has 1 atom stereocenters. The van der Waals surface area contributed by atoms with Crippen LogP contribution in [0, 0.1) is 13.8 Å². The second-order valence-electron chi connectivity index (χ2n) is 4.78. The van der Waals surface area contributed by atoms with Crippen LogP contribution in [-0.4, -0.2) is 28.3 Å². The molecule has 0 amide bonds. The van der Waals surface area contributed by atoms with Gasteiger partial charge in [-0.05, 0) is 52.6 Å². The molecule has 1 N–H and O–H groups in total. The minimum absolute atomic E-state index is 0.616. The molecule has 0 fully saturated rings. The summed E-state index contributed by atoms with van der Waals surface area (Å²) in [6.45, 7) is 9.63. The van der Waals surface area contributed by atoms with E-state index in [9.17, 15) is 0 Å². The van der Waals surface area contributed by atoms with Crippen molar-refractivity contribution in [3.63, 3.8) is 0 Å².